The Morgan fingerprint density at radius 3 is 1.69 bits per heavy atom. The first-order chi connectivity index (χ1) is 7.81. The second-order valence-electron chi connectivity index (χ2n) is 4.80. The predicted molar refractivity (Wildman–Crippen MR) is 74.4 cm³/mol. The highest BCUT2D eigenvalue weighted by atomic mass is 14.6. The van der Waals surface area contributed by atoms with Gasteiger partial charge in [0.2, 0.25) is 0 Å². The van der Waals surface area contributed by atoms with Crippen molar-refractivity contribution in [2.24, 2.45) is 5.73 Å². The van der Waals surface area contributed by atoms with Crippen LogP contribution in [-0.4, -0.2) is 0 Å². The normalized spacial score (nSPS) is 12.0. The third-order valence-electron chi connectivity index (χ3n) is 3.19. The molecule has 0 saturated carbocycles. The Bertz CT molecular complexity index is 161. The van der Waals surface area contributed by atoms with Crippen LogP contribution >= 0.6 is 0 Å². The summed E-state index contributed by atoms with van der Waals surface area (Å²) in [6.45, 7) is 4.29. The SMILES string of the molecule is CC=C(N)CCCCCCCCCCCC. The van der Waals surface area contributed by atoms with E-state index < -0.39 is 0 Å². The maximum absolute atomic E-state index is 5.74. The highest BCUT2D eigenvalue weighted by Gasteiger charge is 1.93. The van der Waals surface area contributed by atoms with Gasteiger partial charge < -0.3 is 5.73 Å². The van der Waals surface area contributed by atoms with Gasteiger partial charge in [-0.1, -0.05) is 70.8 Å². The van der Waals surface area contributed by atoms with Crippen LogP contribution in [-0.2, 0) is 0 Å². The quantitative estimate of drug-likeness (QED) is 0.483. The Labute approximate surface area is 102 Å². The molecule has 1 heteroatoms. The van der Waals surface area contributed by atoms with Gasteiger partial charge in [-0.15, -0.1) is 0 Å². The molecule has 0 bridgehead atoms. The summed E-state index contributed by atoms with van der Waals surface area (Å²) >= 11 is 0. The van der Waals surface area contributed by atoms with Gasteiger partial charge in [-0.25, -0.2) is 0 Å². The number of unbranched alkanes of at least 4 members (excludes halogenated alkanes) is 9. The molecule has 0 aliphatic rings. The number of hydrogen-bond acceptors (Lipinski definition) is 1. The molecule has 16 heavy (non-hydrogen) atoms. The van der Waals surface area contributed by atoms with Crippen molar-refractivity contribution < 1.29 is 0 Å². The van der Waals surface area contributed by atoms with Gasteiger partial charge in [0.1, 0.15) is 0 Å². The monoisotopic (exact) mass is 225 g/mol. The van der Waals surface area contributed by atoms with Crippen LogP contribution in [0.5, 0.6) is 0 Å². The van der Waals surface area contributed by atoms with E-state index in [9.17, 15) is 0 Å². The fraction of sp³-hybridized carbons (Fsp3) is 0.867. The number of allylic oxidation sites excluding steroid dienone is 2. The summed E-state index contributed by atoms with van der Waals surface area (Å²) in [6, 6.07) is 0. The van der Waals surface area contributed by atoms with Crippen molar-refractivity contribution in [2.75, 3.05) is 0 Å². The summed E-state index contributed by atoms with van der Waals surface area (Å²) in [5, 5.41) is 0. The molecule has 0 aliphatic carbocycles. The first kappa shape index (κ1) is 15.5. The molecule has 0 aromatic carbocycles. The Hall–Kier alpha value is -0.460. The summed E-state index contributed by atoms with van der Waals surface area (Å²) in [6.07, 6.45) is 17.1. The zero-order valence-electron chi connectivity index (χ0n) is 11.4. The van der Waals surface area contributed by atoms with Gasteiger partial charge in [0.05, 0.1) is 0 Å². The van der Waals surface area contributed by atoms with Crippen LogP contribution in [0.4, 0.5) is 0 Å². The van der Waals surface area contributed by atoms with Crippen molar-refractivity contribution in [1.29, 1.82) is 0 Å². The molecule has 0 unspecified atom stereocenters. The Morgan fingerprint density at radius 2 is 1.25 bits per heavy atom. The fourth-order valence-electron chi connectivity index (χ4n) is 1.96. The molecule has 0 spiro atoms. The second-order valence-corrected chi connectivity index (χ2v) is 4.80. The molecule has 0 aromatic rings. The van der Waals surface area contributed by atoms with E-state index in [2.05, 4.69) is 6.92 Å². The van der Waals surface area contributed by atoms with Gasteiger partial charge >= 0.3 is 0 Å². The summed E-state index contributed by atoms with van der Waals surface area (Å²) in [5.74, 6) is 0. The first-order valence-electron chi connectivity index (χ1n) is 7.22. The molecule has 0 amide bonds. The van der Waals surface area contributed by atoms with Crippen LogP contribution in [0, 0.1) is 0 Å². The van der Waals surface area contributed by atoms with E-state index in [1.54, 1.807) is 0 Å². The molecule has 0 aromatic heterocycles. The summed E-state index contributed by atoms with van der Waals surface area (Å²) in [7, 11) is 0. The Kier molecular flexibility index (Phi) is 12.2. The zero-order chi connectivity index (χ0) is 12.1. The fourth-order valence-corrected chi connectivity index (χ4v) is 1.96. The maximum atomic E-state index is 5.74. The number of nitrogens with two attached hydrogens (primary N) is 1. The van der Waals surface area contributed by atoms with Crippen molar-refractivity contribution in [2.45, 2.75) is 84.5 Å². The topological polar surface area (TPSA) is 26.0 Å². The van der Waals surface area contributed by atoms with E-state index in [0.29, 0.717) is 0 Å². The molecule has 0 aliphatic heterocycles. The minimum atomic E-state index is 1.06. The highest BCUT2D eigenvalue weighted by Crippen LogP contribution is 2.12. The lowest BCUT2D eigenvalue weighted by Gasteiger charge is -2.02. The molecule has 96 valence electrons. The van der Waals surface area contributed by atoms with Crippen LogP contribution in [0.3, 0.4) is 0 Å². The summed E-state index contributed by atoms with van der Waals surface area (Å²) in [4.78, 5) is 0. The second kappa shape index (κ2) is 12.6. The van der Waals surface area contributed by atoms with E-state index in [1.165, 1.54) is 64.2 Å². The molecule has 0 saturated heterocycles. The van der Waals surface area contributed by atoms with Gasteiger partial charge in [0.15, 0.2) is 0 Å². The van der Waals surface area contributed by atoms with Crippen LogP contribution < -0.4 is 5.73 Å². The highest BCUT2D eigenvalue weighted by molar-refractivity contribution is 4.92. The molecule has 2 N–H and O–H groups in total. The predicted octanol–water partition coefficient (Wildman–Crippen LogP) is 5.16. The van der Waals surface area contributed by atoms with Crippen molar-refractivity contribution in [3.8, 4) is 0 Å². The zero-order valence-corrected chi connectivity index (χ0v) is 11.4. The standard InChI is InChI=1S/C15H31N/c1-3-5-6-7-8-9-10-11-12-13-14-15(16)4-2/h4H,3,5-14,16H2,1-2H3. The molecule has 1 nitrogen and oxygen atoms in total. The van der Waals surface area contributed by atoms with E-state index in [0.717, 1.165) is 12.1 Å². The number of rotatable bonds is 11. The lowest BCUT2D eigenvalue weighted by molar-refractivity contribution is 0.555. The van der Waals surface area contributed by atoms with E-state index >= 15 is 0 Å². The molecule has 0 heterocycles. The average Bonchev–Trinajstić information content (AvgIpc) is 2.31. The van der Waals surface area contributed by atoms with E-state index in [-0.39, 0.29) is 0 Å². The minimum absolute atomic E-state index is 1.06. The minimum Gasteiger partial charge on any atom is -0.402 e. The molecular weight excluding hydrogens is 194 g/mol. The van der Waals surface area contributed by atoms with Crippen LogP contribution in [0.1, 0.15) is 84.5 Å². The summed E-state index contributed by atoms with van der Waals surface area (Å²) < 4.78 is 0. The first-order valence-corrected chi connectivity index (χ1v) is 7.22. The van der Waals surface area contributed by atoms with Crippen molar-refractivity contribution in [3.05, 3.63) is 11.8 Å². The van der Waals surface area contributed by atoms with Gasteiger partial charge in [-0.05, 0) is 19.8 Å². The Morgan fingerprint density at radius 1 is 0.812 bits per heavy atom. The van der Waals surface area contributed by atoms with Crippen molar-refractivity contribution in [1.82, 2.24) is 0 Å². The number of hydrogen-bond donors (Lipinski definition) is 1. The molecule has 0 fully saturated rings. The largest absolute Gasteiger partial charge is 0.402 e. The van der Waals surface area contributed by atoms with Crippen LogP contribution in [0.25, 0.3) is 0 Å². The van der Waals surface area contributed by atoms with Crippen LogP contribution in [0.15, 0.2) is 11.8 Å². The molecular formula is C15H31N. The van der Waals surface area contributed by atoms with Crippen LogP contribution in [0.2, 0.25) is 0 Å². The van der Waals surface area contributed by atoms with Gasteiger partial charge in [0.25, 0.3) is 0 Å². The molecule has 0 radical (unpaired) electrons. The van der Waals surface area contributed by atoms with E-state index in [4.69, 9.17) is 5.73 Å². The molecule has 0 atom stereocenters. The average molecular weight is 225 g/mol. The van der Waals surface area contributed by atoms with Crippen molar-refractivity contribution >= 4 is 0 Å². The van der Waals surface area contributed by atoms with Gasteiger partial charge in [0, 0.05) is 5.70 Å². The Balaban J connectivity index is 2.99. The third kappa shape index (κ3) is 11.6. The lowest BCUT2D eigenvalue weighted by Crippen LogP contribution is -1.95. The van der Waals surface area contributed by atoms with E-state index in [1.807, 2.05) is 13.0 Å². The summed E-state index contributed by atoms with van der Waals surface area (Å²) in [5.41, 5.74) is 6.80. The third-order valence-corrected chi connectivity index (χ3v) is 3.19. The van der Waals surface area contributed by atoms with Crippen molar-refractivity contribution in [3.63, 3.8) is 0 Å². The van der Waals surface area contributed by atoms with Gasteiger partial charge in [-0.3, -0.25) is 0 Å². The smallest absolute Gasteiger partial charge is 0.00371 e. The lowest BCUT2D eigenvalue weighted by atomic mass is 10.1. The maximum Gasteiger partial charge on any atom is 0.00371 e. The molecule has 0 rings (SSSR count). The van der Waals surface area contributed by atoms with Gasteiger partial charge in [-0.2, -0.15) is 0 Å².